The molecule has 0 bridgehead atoms. The Balaban J connectivity index is 1.44. The van der Waals surface area contributed by atoms with Crippen LogP contribution in [0.2, 0.25) is 0 Å². The number of benzene rings is 1. The third kappa shape index (κ3) is 4.22. The number of aliphatic hydroxyl groups is 2. The van der Waals surface area contributed by atoms with E-state index in [2.05, 4.69) is 33.1 Å². The number of fused-ring (bicyclic) bond motifs is 1. The monoisotopic (exact) mass is 386 g/mol. The third-order valence-electron chi connectivity index (χ3n) is 5.75. The van der Waals surface area contributed by atoms with E-state index in [0.717, 1.165) is 44.2 Å². The minimum Gasteiger partial charge on any atom is -0.496 e. The molecule has 0 spiro atoms. The van der Waals surface area contributed by atoms with Gasteiger partial charge in [-0.25, -0.2) is 0 Å². The summed E-state index contributed by atoms with van der Waals surface area (Å²) in [7, 11) is 1.74. The fraction of sp³-hybridized carbons (Fsp3) is 0.571. The van der Waals surface area contributed by atoms with Crippen molar-refractivity contribution in [2.45, 2.75) is 45.1 Å². The van der Waals surface area contributed by atoms with Gasteiger partial charge in [-0.3, -0.25) is 14.5 Å². The highest BCUT2D eigenvalue weighted by Crippen LogP contribution is 2.25. The fourth-order valence-electron chi connectivity index (χ4n) is 4.23. The molecule has 0 radical (unpaired) electrons. The second-order valence-electron chi connectivity index (χ2n) is 7.82. The van der Waals surface area contributed by atoms with Crippen molar-refractivity contribution in [3.8, 4) is 5.75 Å². The molecule has 2 aliphatic heterocycles. The van der Waals surface area contributed by atoms with Crippen molar-refractivity contribution in [2.75, 3.05) is 33.4 Å². The van der Waals surface area contributed by atoms with Gasteiger partial charge < -0.3 is 14.9 Å². The molecule has 1 fully saturated rings. The molecule has 152 valence electrons. The normalized spacial score (nSPS) is 19.0. The molecule has 1 aromatic carbocycles. The number of aromatic nitrogens is 2. The first-order chi connectivity index (χ1) is 13.7. The molecule has 1 saturated heterocycles. The van der Waals surface area contributed by atoms with Gasteiger partial charge in [0.05, 0.1) is 31.6 Å². The lowest BCUT2D eigenvalue weighted by Crippen LogP contribution is -2.33. The quantitative estimate of drug-likeness (QED) is 0.752. The van der Waals surface area contributed by atoms with Gasteiger partial charge in [0.25, 0.3) is 0 Å². The molecule has 28 heavy (non-hydrogen) atoms. The fourth-order valence-corrected chi connectivity index (χ4v) is 4.23. The number of methoxy groups -OCH3 is 1. The molecule has 2 N–H and O–H groups in total. The molecule has 2 aliphatic rings. The zero-order chi connectivity index (χ0) is 19.5. The second-order valence-corrected chi connectivity index (χ2v) is 7.82. The Morgan fingerprint density at radius 2 is 1.89 bits per heavy atom. The number of hydrogen-bond donors (Lipinski definition) is 2. The summed E-state index contributed by atoms with van der Waals surface area (Å²) in [6, 6.07) is 8.42. The molecule has 7 nitrogen and oxygen atoms in total. The van der Waals surface area contributed by atoms with Gasteiger partial charge in [-0.15, -0.1) is 0 Å². The van der Waals surface area contributed by atoms with E-state index < -0.39 is 6.10 Å². The van der Waals surface area contributed by atoms with E-state index in [1.165, 1.54) is 37.1 Å². The van der Waals surface area contributed by atoms with E-state index in [0.29, 0.717) is 5.69 Å². The number of nitrogens with zero attached hydrogens (tertiary/aromatic N) is 4. The standard InChI is InChI=1S/C21H30N4O3/c1-28-21-5-4-16(10-17(21)13-23-6-2-3-7-23)12-24-8-9-25-18(14-24)11-19(22-25)20(27)15-26/h4-5,10-11,20,26-27H,2-3,6-9,12-15H2,1H3/t20-/m1/s1. The molecule has 4 rings (SSSR count). The molecule has 0 saturated carbocycles. The SMILES string of the molecule is COc1ccc(CN2CCn3nc([C@H](O)CO)cc3C2)cc1CN1CCCC1. The third-order valence-corrected chi connectivity index (χ3v) is 5.75. The Hall–Kier alpha value is -1.93. The van der Waals surface area contributed by atoms with E-state index in [9.17, 15) is 5.11 Å². The van der Waals surface area contributed by atoms with Crippen molar-refractivity contribution in [3.05, 3.63) is 46.8 Å². The summed E-state index contributed by atoms with van der Waals surface area (Å²) in [5.41, 5.74) is 4.19. The smallest absolute Gasteiger partial charge is 0.123 e. The van der Waals surface area contributed by atoms with Crippen LogP contribution >= 0.6 is 0 Å². The summed E-state index contributed by atoms with van der Waals surface area (Å²) in [5, 5.41) is 23.4. The predicted octanol–water partition coefficient (Wildman–Crippen LogP) is 1.53. The molecule has 2 aromatic rings. The minimum atomic E-state index is -0.902. The van der Waals surface area contributed by atoms with Crippen molar-refractivity contribution in [1.82, 2.24) is 19.6 Å². The number of rotatable bonds is 7. The van der Waals surface area contributed by atoms with Crippen molar-refractivity contribution < 1.29 is 14.9 Å². The highest BCUT2D eigenvalue weighted by Gasteiger charge is 2.21. The molecule has 7 heteroatoms. The van der Waals surface area contributed by atoms with Gasteiger partial charge in [0.2, 0.25) is 0 Å². The average Bonchev–Trinajstić information content (AvgIpc) is 3.37. The Labute approximate surface area is 166 Å². The van der Waals surface area contributed by atoms with Crippen molar-refractivity contribution in [1.29, 1.82) is 0 Å². The summed E-state index contributed by atoms with van der Waals surface area (Å²) in [4.78, 5) is 4.89. The number of hydrogen-bond acceptors (Lipinski definition) is 6. The highest BCUT2D eigenvalue weighted by molar-refractivity contribution is 5.37. The topological polar surface area (TPSA) is 74.0 Å². The van der Waals surface area contributed by atoms with Crippen LogP contribution in [0, 0.1) is 0 Å². The van der Waals surface area contributed by atoms with Gasteiger partial charge in [-0.1, -0.05) is 6.07 Å². The zero-order valence-corrected chi connectivity index (χ0v) is 16.5. The summed E-state index contributed by atoms with van der Waals surface area (Å²) >= 11 is 0. The Morgan fingerprint density at radius 1 is 1.07 bits per heavy atom. The molecule has 0 unspecified atom stereocenters. The molecule has 1 atom stereocenters. The molecular weight excluding hydrogens is 356 g/mol. The molecule has 3 heterocycles. The zero-order valence-electron chi connectivity index (χ0n) is 16.5. The van der Waals surface area contributed by atoms with E-state index in [1.54, 1.807) is 7.11 Å². The molecule has 0 amide bonds. The molecule has 1 aromatic heterocycles. The largest absolute Gasteiger partial charge is 0.496 e. The van der Waals surface area contributed by atoms with Gasteiger partial charge in [-0.05, 0) is 49.7 Å². The van der Waals surface area contributed by atoms with Crippen LogP contribution in [0.15, 0.2) is 24.3 Å². The van der Waals surface area contributed by atoms with Gasteiger partial charge >= 0.3 is 0 Å². The summed E-state index contributed by atoms with van der Waals surface area (Å²) in [6.45, 7) is 6.37. The van der Waals surface area contributed by atoms with Crippen LogP contribution in [0.4, 0.5) is 0 Å². The Kier molecular flexibility index (Phi) is 5.96. The van der Waals surface area contributed by atoms with E-state index in [-0.39, 0.29) is 6.61 Å². The maximum Gasteiger partial charge on any atom is 0.123 e. The molecular formula is C21H30N4O3. The minimum absolute atomic E-state index is 0.300. The number of ether oxygens (including phenoxy) is 1. The van der Waals surface area contributed by atoms with Crippen LogP contribution < -0.4 is 4.74 Å². The first-order valence-corrected chi connectivity index (χ1v) is 10.1. The predicted molar refractivity (Wildman–Crippen MR) is 106 cm³/mol. The van der Waals surface area contributed by atoms with Crippen molar-refractivity contribution in [3.63, 3.8) is 0 Å². The van der Waals surface area contributed by atoms with Gasteiger partial charge in [0, 0.05) is 31.7 Å². The Morgan fingerprint density at radius 3 is 2.64 bits per heavy atom. The van der Waals surface area contributed by atoms with Crippen LogP contribution in [0.5, 0.6) is 5.75 Å². The lowest BCUT2D eigenvalue weighted by Gasteiger charge is -2.28. The van der Waals surface area contributed by atoms with Crippen LogP contribution in [0.1, 0.15) is 41.5 Å². The summed E-state index contributed by atoms with van der Waals surface area (Å²) in [5.74, 6) is 0.968. The summed E-state index contributed by atoms with van der Waals surface area (Å²) in [6.07, 6.45) is 1.67. The maximum atomic E-state index is 9.82. The van der Waals surface area contributed by atoms with E-state index >= 15 is 0 Å². The van der Waals surface area contributed by atoms with Gasteiger partial charge in [-0.2, -0.15) is 5.10 Å². The van der Waals surface area contributed by atoms with Crippen LogP contribution in [-0.4, -0.2) is 63.1 Å². The number of aliphatic hydroxyl groups excluding tert-OH is 2. The van der Waals surface area contributed by atoms with Gasteiger partial charge in [0.1, 0.15) is 11.9 Å². The maximum absolute atomic E-state index is 9.82. The van der Waals surface area contributed by atoms with Crippen molar-refractivity contribution >= 4 is 0 Å². The molecule has 0 aliphatic carbocycles. The van der Waals surface area contributed by atoms with E-state index in [1.807, 2.05) is 10.7 Å². The van der Waals surface area contributed by atoms with Crippen LogP contribution in [0.3, 0.4) is 0 Å². The lowest BCUT2D eigenvalue weighted by atomic mass is 10.1. The highest BCUT2D eigenvalue weighted by atomic mass is 16.5. The second kappa shape index (κ2) is 8.61. The van der Waals surface area contributed by atoms with Crippen LogP contribution in [-0.2, 0) is 26.2 Å². The first kappa shape index (κ1) is 19.4. The Bertz CT molecular complexity index is 801. The average molecular weight is 386 g/mol. The van der Waals surface area contributed by atoms with Crippen LogP contribution in [0.25, 0.3) is 0 Å². The van der Waals surface area contributed by atoms with E-state index in [4.69, 9.17) is 9.84 Å². The van der Waals surface area contributed by atoms with Crippen molar-refractivity contribution in [2.24, 2.45) is 0 Å². The summed E-state index contributed by atoms with van der Waals surface area (Å²) < 4.78 is 7.53. The van der Waals surface area contributed by atoms with Gasteiger partial charge in [0.15, 0.2) is 0 Å². The first-order valence-electron chi connectivity index (χ1n) is 10.1. The lowest BCUT2D eigenvalue weighted by molar-refractivity contribution is 0.0915. The number of likely N-dealkylation sites (tertiary alicyclic amines) is 1.